The number of amides is 1. The predicted octanol–water partition coefficient (Wildman–Crippen LogP) is 4.98. The van der Waals surface area contributed by atoms with Gasteiger partial charge in [-0.3, -0.25) is 14.5 Å². The summed E-state index contributed by atoms with van der Waals surface area (Å²) < 4.78 is 16.6. The van der Waals surface area contributed by atoms with Crippen molar-refractivity contribution < 1.29 is 33.7 Å². The van der Waals surface area contributed by atoms with Crippen LogP contribution < -0.4 is 14.4 Å². The van der Waals surface area contributed by atoms with E-state index in [4.69, 9.17) is 14.2 Å². The first-order valence-electron chi connectivity index (χ1n) is 12.7. The van der Waals surface area contributed by atoms with Crippen molar-refractivity contribution in [3.8, 4) is 11.5 Å². The Morgan fingerprint density at radius 3 is 2.72 bits per heavy atom. The lowest BCUT2D eigenvalue weighted by atomic mass is 9.94. The first-order chi connectivity index (χ1) is 18.7. The topological polar surface area (TPSA) is 115 Å². The molecule has 0 saturated carbocycles. The lowest BCUT2D eigenvalue weighted by molar-refractivity contribution is -0.132. The number of nitrogens with zero attached hydrogens (tertiary/aromatic N) is 2. The maximum Gasteiger partial charge on any atom is 0.350 e. The van der Waals surface area contributed by atoms with Gasteiger partial charge in [0.1, 0.15) is 28.2 Å². The SMILES string of the molecule is CCOC(=O)c1sc(N2C(=O)C(=O)/C(=C(\O)c3ccc4c(c3)CC(C)O4)C2c2cccc(OCC)c2)nc1C. The zero-order chi connectivity index (χ0) is 27.8. The monoisotopic (exact) mass is 548 g/mol. The Balaban J connectivity index is 1.67. The minimum Gasteiger partial charge on any atom is -0.507 e. The summed E-state index contributed by atoms with van der Waals surface area (Å²) in [5.74, 6) is -1.29. The number of ether oxygens (including phenoxy) is 3. The van der Waals surface area contributed by atoms with Crippen LogP contribution >= 0.6 is 11.3 Å². The molecule has 3 heterocycles. The molecular formula is C29H28N2O7S. The number of hydrogen-bond donors (Lipinski definition) is 1. The molecule has 5 rings (SSSR count). The molecule has 202 valence electrons. The van der Waals surface area contributed by atoms with E-state index in [2.05, 4.69) is 4.98 Å². The van der Waals surface area contributed by atoms with Crippen molar-refractivity contribution in [2.45, 2.75) is 46.3 Å². The number of anilines is 1. The van der Waals surface area contributed by atoms with Crippen molar-refractivity contribution in [3.05, 3.63) is 75.3 Å². The Bertz CT molecular complexity index is 1510. The van der Waals surface area contributed by atoms with Crippen molar-refractivity contribution in [1.82, 2.24) is 4.98 Å². The zero-order valence-electron chi connectivity index (χ0n) is 22.0. The maximum atomic E-state index is 13.5. The van der Waals surface area contributed by atoms with E-state index in [0.717, 1.165) is 22.6 Å². The fourth-order valence-corrected chi connectivity index (χ4v) is 5.87. The molecule has 2 unspecified atom stereocenters. The third-order valence-corrected chi connectivity index (χ3v) is 7.69. The van der Waals surface area contributed by atoms with Crippen LogP contribution in [-0.4, -0.2) is 47.1 Å². The number of benzene rings is 2. The second-order valence-electron chi connectivity index (χ2n) is 9.26. The van der Waals surface area contributed by atoms with Gasteiger partial charge in [-0.05, 0) is 69.2 Å². The first kappa shape index (κ1) is 26.4. The maximum absolute atomic E-state index is 13.5. The molecule has 1 N–H and O–H groups in total. The van der Waals surface area contributed by atoms with Gasteiger partial charge in [-0.2, -0.15) is 0 Å². The van der Waals surface area contributed by atoms with Gasteiger partial charge in [0.05, 0.1) is 30.5 Å². The second kappa shape index (κ2) is 10.5. The molecule has 0 spiro atoms. The molecule has 9 nitrogen and oxygen atoms in total. The molecule has 10 heteroatoms. The van der Waals surface area contributed by atoms with Gasteiger partial charge in [-0.1, -0.05) is 23.5 Å². The fraction of sp³-hybridized carbons (Fsp3) is 0.310. The number of aryl methyl sites for hydroxylation is 1. The number of fused-ring (bicyclic) bond motifs is 1. The molecule has 0 aliphatic carbocycles. The summed E-state index contributed by atoms with van der Waals surface area (Å²) in [6, 6.07) is 11.2. The average molecular weight is 549 g/mol. The number of Topliss-reactive ketones (excluding diaryl/α,β-unsaturated/α-hetero) is 1. The molecule has 2 aliphatic heterocycles. The highest BCUT2D eigenvalue weighted by atomic mass is 32.1. The van der Waals surface area contributed by atoms with Crippen LogP contribution in [0.5, 0.6) is 11.5 Å². The molecule has 1 fully saturated rings. The summed E-state index contributed by atoms with van der Waals surface area (Å²) in [7, 11) is 0. The Morgan fingerprint density at radius 1 is 1.18 bits per heavy atom. The molecule has 39 heavy (non-hydrogen) atoms. The standard InChI is InChI=1S/C29H28N2O7S/c1-5-36-20-9-7-8-17(14-20)23-22(24(32)18-10-11-21-19(13-18)12-15(3)38-21)25(33)27(34)31(23)29-30-16(4)26(39-29)28(35)37-6-2/h7-11,13-15,23,32H,5-6,12H2,1-4H3/b24-22-. The lowest BCUT2D eigenvalue weighted by Crippen LogP contribution is -2.29. The fourth-order valence-electron chi connectivity index (χ4n) is 4.88. The number of esters is 1. The summed E-state index contributed by atoms with van der Waals surface area (Å²) in [4.78, 5) is 45.5. The van der Waals surface area contributed by atoms with Gasteiger partial charge in [-0.15, -0.1) is 0 Å². The van der Waals surface area contributed by atoms with Crippen molar-refractivity contribution in [3.63, 3.8) is 0 Å². The Labute approximate surface area is 229 Å². The first-order valence-corrected chi connectivity index (χ1v) is 13.5. The van der Waals surface area contributed by atoms with E-state index in [1.54, 1.807) is 56.3 Å². The summed E-state index contributed by atoms with van der Waals surface area (Å²) in [6.07, 6.45) is 0.672. The Kier molecular flexibility index (Phi) is 7.14. The molecule has 2 aliphatic rings. The molecule has 3 aromatic rings. The zero-order valence-corrected chi connectivity index (χ0v) is 22.8. The third-order valence-electron chi connectivity index (χ3n) is 6.55. The normalized spacial score (nSPS) is 19.6. The smallest absolute Gasteiger partial charge is 0.350 e. The van der Waals surface area contributed by atoms with Gasteiger partial charge in [0.15, 0.2) is 5.13 Å². The Morgan fingerprint density at radius 2 is 1.97 bits per heavy atom. The van der Waals surface area contributed by atoms with Crippen LogP contribution in [0.4, 0.5) is 5.13 Å². The molecule has 1 aromatic heterocycles. The summed E-state index contributed by atoms with van der Waals surface area (Å²) in [5, 5.41) is 11.7. The molecule has 1 saturated heterocycles. The van der Waals surface area contributed by atoms with Crippen LogP contribution in [-0.2, 0) is 20.7 Å². The molecular weight excluding hydrogens is 520 g/mol. The predicted molar refractivity (Wildman–Crippen MR) is 145 cm³/mol. The molecule has 0 radical (unpaired) electrons. The van der Waals surface area contributed by atoms with E-state index >= 15 is 0 Å². The lowest BCUT2D eigenvalue weighted by Gasteiger charge is -2.23. The van der Waals surface area contributed by atoms with Crippen molar-refractivity contribution in [2.24, 2.45) is 0 Å². The van der Waals surface area contributed by atoms with Crippen molar-refractivity contribution in [1.29, 1.82) is 0 Å². The second-order valence-corrected chi connectivity index (χ2v) is 10.2. The highest BCUT2D eigenvalue weighted by molar-refractivity contribution is 7.17. The highest BCUT2D eigenvalue weighted by Gasteiger charge is 2.48. The Hall–Kier alpha value is -4.18. The van der Waals surface area contributed by atoms with Crippen LogP contribution in [0.2, 0.25) is 0 Å². The quantitative estimate of drug-likeness (QED) is 0.190. The highest BCUT2D eigenvalue weighted by Crippen LogP contribution is 2.45. The molecule has 0 bridgehead atoms. The van der Waals surface area contributed by atoms with Crippen LogP contribution in [0.25, 0.3) is 5.76 Å². The van der Waals surface area contributed by atoms with Gasteiger partial charge in [0, 0.05) is 12.0 Å². The summed E-state index contributed by atoms with van der Waals surface area (Å²) >= 11 is 0.965. The number of ketones is 1. The van der Waals surface area contributed by atoms with Crippen molar-refractivity contribution >= 4 is 39.9 Å². The van der Waals surface area contributed by atoms with Gasteiger partial charge in [0.25, 0.3) is 5.78 Å². The number of aromatic nitrogens is 1. The van der Waals surface area contributed by atoms with Gasteiger partial charge in [0.2, 0.25) is 0 Å². The number of aliphatic hydroxyl groups is 1. The van der Waals surface area contributed by atoms with E-state index in [1.807, 2.05) is 13.8 Å². The number of rotatable bonds is 7. The van der Waals surface area contributed by atoms with E-state index in [9.17, 15) is 19.5 Å². The minimum absolute atomic E-state index is 0.00557. The number of thiazole rings is 1. The van der Waals surface area contributed by atoms with Crippen molar-refractivity contribution in [2.75, 3.05) is 18.1 Å². The summed E-state index contributed by atoms with van der Waals surface area (Å²) in [6.45, 7) is 7.76. The number of carbonyl (C=O) groups is 3. The van der Waals surface area contributed by atoms with Crippen LogP contribution in [0.3, 0.4) is 0 Å². The number of carbonyl (C=O) groups excluding carboxylic acids is 3. The third kappa shape index (κ3) is 4.76. The van der Waals surface area contributed by atoms with E-state index < -0.39 is 23.7 Å². The average Bonchev–Trinajstić information content (AvgIpc) is 3.56. The van der Waals surface area contributed by atoms with Crippen LogP contribution in [0, 0.1) is 6.92 Å². The summed E-state index contributed by atoms with van der Waals surface area (Å²) in [5.41, 5.74) is 2.16. The van der Waals surface area contributed by atoms with Gasteiger partial charge >= 0.3 is 11.9 Å². The van der Waals surface area contributed by atoms with E-state index in [1.165, 1.54) is 4.90 Å². The molecule has 2 aromatic carbocycles. The number of hydrogen-bond acceptors (Lipinski definition) is 9. The van der Waals surface area contributed by atoms with Gasteiger partial charge < -0.3 is 19.3 Å². The largest absolute Gasteiger partial charge is 0.507 e. The van der Waals surface area contributed by atoms with E-state index in [-0.39, 0.29) is 34.1 Å². The molecule has 1 amide bonds. The number of aliphatic hydroxyl groups excluding tert-OH is 1. The van der Waals surface area contributed by atoms with Gasteiger partial charge in [-0.25, -0.2) is 9.78 Å². The van der Waals surface area contributed by atoms with Crippen LogP contribution in [0.1, 0.15) is 58.9 Å². The molecule has 2 atom stereocenters. The van der Waals surface area contributed by atoms with E-state index in [0.29, 0.717) is 35.6 Å². The minimum atomic E-state index is -1.01. The van der Waals surface area contributed by atoms with Crippen LogP contribution in [0.15, 0.2) is 48.0 Å².